The first-order valence-electron chi connectivity index (χ1n) is 18.3. The SMILES string of the molecule is CCN(CC)c1ccc(C#Cc2cc3nc(c2)CN2CCCCCCCCCCCCN(CCOCCOCCOCC2)C3)cc1. The first-order valence-corrected chi connectivity index (χ1v) is 18.3. The van der Waals surface area contributed by atoms with Gasteiger partial charge in [-0.3, -0.25) is 14.8 Å². The van der Waals surface area contributed by atoms with Crippen molar-refractivity contribution in [3.8, 4) is 11.8 Å². The first kappa shape index (κ1) is 36.4. The van der Waals surface area contributed by atoms with E-state index in [0.717, 1.165) is 74.9 Å². The largest absolute Gasteiger partial charge is 0.378 e. The summed E-state index contributed by atoms with van der Waals surface area (Å²) in [5, 5.41) is 0. The van der Waals surface area contributed by atoms with Gasteiger partial charge in [0.2, 0.25) is 0 Å². The zero-order valence-electron chi connectivity index (χ0n) is 28.9. The molecule has 0 saturated heterocycles. The predicted octanol–water partition coefficient (Wildman–Crippen LogP) is 6.91. The number of benzene rings is 1. The number of fused-ring (bicyclic) bond motifs is 2. The van der Waals surface area contributed by atoms with Gasteiger partial charge < -0.3 is 19.1 Å². The van der Waals surface area contributed by atoms with Crippen LogP contribution in [0.5, 0.6) is 0 Å². The molecule has 0 N–H and O–H groups in total. The summed E-state index contributed by atoms with van der Waals surface area (Å²) in [6.07, 6.45) is 13.2. The molecule has 0 amide bonds. The van der Waals surface area contributed by atoms with Gasteiger partial charge >= 0.3 is 0 Å². The normalized spacial score (nSPS) is 22.1. The maximum atomic E-state index is 5.97. The zero-order valence-corrected chi connectivity index (χ0v) is 28.9. The van der Waals surface area contributed by atoms with E-state index in [-0.39, 0.29) is 0 Å². The molecule has 0 fully saturated rings. The van der Waals surface area contributed by atoms with E-state index in [4.69, 9.17) is 19.2 Å². The van der Waals surface area contributed by atoms with Crippen LogP contribution in [0.1, 0.15) is 101 Å². The van der Waals surface area contributed by atoms with Gasteiger partial charge in [-0.1, -0.05) is 63.2 Å². The number of rotatable bonds is 3. The van der Waals surface area contributed by atoms with Crippen molar-refractivity contribution in [2.45, 2.75) is 91.1 Å². The molecular weight excluding hydrogens is 572 g/mol. The Labute approximate surface area is 280 Å². The van der Waals surface area contributed by atoms with E-state index in [0.29, 0.717) is 39.6 Å². The summed E-state index contributed by atoms with van der Waals surface area (Å²) in [6.45, 7) is 15.8. The molecule has 46 heavy (non-hydrogen) atoms. The number of aromatic nitrogens is 1. The maximum absolute atomic E-state index is 5.97. The zero-order chi connectivity index (χ0) is 32.1. The van der Waals surface area contributed by atoms with E-state index in [9.17, 15) is 0 Å². The molecule has 7 heteroatoms. The van der Waals surface area contributed by atoms with E-state index in [2.05, 4.69) is 76.8 Å². The average molecular weight is 633 g/mol. The Morgan fingerprint density at radius 2 is 1.00 bits per heavy atom. The third-order valence-corrected chi connectivity index (χ3v) is 9.10. The molecule has 0 radical (unpaired) electrons. The van der Waals surface area contributed by atoms with Crippen LogP contribution in [0.4, 0.5) is 5.69 Å². The Morgan fingerprint density at radius 3 is 1.48 bits per heavy atom. The maximum Gasteiger partial charge on any atom is 0.0701 e. The van der Waals surface area contributed by atoms with Gasteiger partial charge in [0.1, 0.15) is 0 Å². The van der Waals surface area contributed by atoms with Crippen molar-refractivity contribution >= 4 is 5.69 Å². The van der Waals surface area contributed by atoms with Crippen LogP contribution in [0, 0.1) is 11.8 Å². The highest BCUT2D eigenvalue weighted by Gasteiger charge is 2.13. The van der Waals surface area contributed by atoms with Crippen molar-refractivity contribution < 1.29 is 14.2 Å². The molecule has 2 atom stereocenters. The summed E-state index contributed by atoms with van der Waals surface area (Å²) < 4.78 is 17.7. The minimum absolute atomic E-state index is 0.610. The summed E-state index contributed by atoms with van der Waals surface area (Å²) in [6, 6.07) is 13.1. The highest BCUT2D eigenvalue weighted by molar-refractivity contribution is 5.52. The molecule has 2 aromatic rings. The quantitative estimate of drug-likeness (QED) is 0.341. The van der Waals surface area contributed by atoms with Crippen molar-refractivity contribution in [1.29, 1.82) is 0 Å². The molecule has 7 nitrogen and oxygen atoms in total. The smallest absolute Gasteiger partial charge is 0.0701 e. The second-order valence-electron chi connectivity index (χ2n) is 12.7. The lowest BCUT2D eigenvalue weighted by Crippen LogP contribution is -2.31. The van der Waals surface area contributed by atoms with Crippen LogP contribution >= 0.6 is 0 Å². The Morgan fingerprint density at radius 1 is 0.565 bits per heavy atom. The van der Waals surface area contributed by atoms with Gasteiger partial charge in [-0.15, -0.1) is 0 Å². The first-order chi connectivity index (χ1) is 22.7. The van der Waals surface area contributed by atoms with Crippen LogP contribution in [-0.4, -0.2) is 93.7 Å². The van der Waals surface area contributed by atoms with Crippen molar-refractivity contribution in [3.63, 3.8) is 0 Å². The molecule has 4 bridgehead atoms. The highest BCUT2D eigenvalue weighted by Crippen LogP contribution is 2.17. The van der Waals surface area contributed by atoms with Crippen molar-refractivity contribution in [1.82, 2.24) is 14.8 Å². The second-order valence-corrected chi connectivity index (χ2v) is 12.7. The number of pyridine rings is 1. The van der Waals surface area contributed by atoms with Crippen LogP contribution in [0.25, 0.3) is 0 Å². The number of ether oxygens (including phenoxy) is 3. The monoisotopic (exact) mass is 632 g/mol. The lowest BCUT2D eigenvalue weighted by Gasteiger charge is -2.24. The molecule has 2 aliphatic heterocycles. The molecule has 254 valence electrons. The van der Waals surface area contributed by atoms with E-state index in [1.165, 1.54) is 69.9 Å². The molecule has 2 unspecified atom stereocenters. The molecule has 3 heterocycles. The fourth-order valence-corrected chi connectivity index (χ4v) is 6.38. The van der Waals surface area contributed by atoms with Crippen molar-refractivity contribution in [3.05, 3.63) is 58.9 Å². The van der Waals surface area contributed by atoms with Crippen LogP contribution in [0.2, 0.25) is 0 Å². The van der Waals surface area contributed by atoms with Crippen molar-refractivity contribution in [2.24, 2.45) is 0 Å². The molecule has 0 aliphatic carbocycles. The topological polar surface area (TPSA) is 50.3 Å². The van der Waals surface area contributed by atoms with Gasteiger partial charge in [0.05, 0.1) is 51.0 Å². The Balaban J connectivity index is 1.60. The third-order valence-electron chi connectivity index (χ3n) is 9.10. The number of anilines is 1. The predicted molar refractivity (Wildman–Crippen MR) is 189 cm³/mol. The number of hydrogen-bond donors (Lipinski definition) is 0. The van der Waals surface area contributed by atoms with Crippen LogP contribution in [0.3, 0.4) is 0 Å². The molecule has 0 saturated carbocycles. The highest BCUT2D eigenvalue weighted by atomic mass is 16.5. The molecule has 1 aromatic carbocycles. The minimum atomic E-state index is 0.610. The Hall–Kier alpha value is -2.47. The fourth-order valence-electron chi connectivity index (χ4n) is 6.38. The van der Waals surface area contributed by atoms with Gasteiger partial charge in [-0.2, -0.15) is 0 Å². The van der Waals surface area contributed by atoms with Crippen LogP contribution in [0.15, 0.2) is 36.4 Å². The van der Waals surface area contributed by atoms with E-state index in [1.54, 1.807) is 0 Å². The van der Waals surface area contributed by atoms with E-state index < -0.39 is 0 Å². The summed E-state index contributed by atoms with van der Waals surface area (Å²) in [5.74, 6) is 6.96. The Kier molecular flexibility index (Phi) is 17.5. The van der Waals surface area contributed by atoms with Gasteiger partial charge in [-0.05, 0) is 76.2 Å². The van der Waals surface area contributed by atoms with Crippen LogP contribution < -0.4 is 4.90 Å². The van der Waals surface area contributed by atoms with Gasteiger partial charge in [-0.25, -0.2) is 0 Å². The third kappa shape index (κ3) is 14.1. The summed E-state index contributed by atoms with van der Waals surface area (Å²) >= 11 is 0. The standard InChI is InChI=1S/C39H60N4O3/c1-3-43(4-2)39-19-17-35(18-20-39)15-16-36-31-37-33-41-21-13-11-9-7-5-6-8-10-12-14-22-42(34-38(32-36)40-37)24-26-45-28-30-46-29-27-44-25-23-41/h17-20,31-32H,3-14,21-30,33-34H2,1-2H3. The summed E-state index contributed by atoms with van der Waals surface area (Å²) in [7, 11) is 0. The molecule has 4 rings (SSSR count). The molecule has 0 spiro atoms. The Bertz CT molecular complexity index is 1110. The van der Waals surface area contributed by atoms with E-state index >= 15 is 0 Å². The minimum Gasteiger partial charge on any atom is -0.378 e. The van der Waals surface area contributed by atoms with Gasteiger partial charge in [0.15, 0.2) is 0 Å². The lowest BCUT2D eigenvalue weighted by atomic mass is 10.1. The van der Waals surface area contributed by atoms with Gasteiger partial charge in [0.25, 0.3) is 0 Å². The fraction of sp³-hybridized carbons (Fsp3) is 0.667. The average Bonchev–Trinajstić information content (AvgIpc) is 3.06. The number of nitrogens with zero attached hydrogens (tertiary/aromatic N) is 4. The molecule has 1 aromatic heterocycles. The second kappa shape index (κ2) is 22.2. The van der Waals surface area contributed by atoms with E-state index in [1.807, 2.05) is 0 Å². The van der Waals surface area contributed by atoms with Gasteiger partial charge in [0, 0.05) is 56.1 Å². The number of hydrogen-bond acceptors (Lipinski definition) is 7. The lowest BCUT2D eigenvalue weighted by molar-refractivity contribution is 0.00603. The summed E-state index contributed by atoms with van der Waals surface area (Å²) in [4.78, 5) is 12.7. The molecular formula is C39H60N4O3. The molecule has 2 aliphatic rings. The van der Waals surface area contributed by atoms with Crippen molar-refractivity contribution in [2.75, 3.05) is 83.8 Å². The summed E-state index contributed by atoms with van der Waals surface area (Å²) in [5.41, 5.74) is 5.51. The van der Waals surface area contributed by atoms with Crippen LogP contribution in [-0.2, 0) is 27.3 Å².